The van der Waals surface area contributed by atoms with Crippen molar-refractivity contribution in [2.24, 2.45) is 0 Å². The summed E-state index contributed by atoms with van der Waals surface area (Å²) in [4.78, 5) is 13.9. The van der Waals surface area contributed by atoms with Gasteiger partial charge in [-0.25, -0.2) is 0 Å². The van der Waals surface area contributed by atoms with E-state index in [1.54, 1.807) is 12.0 Å². The van der Waals surface area contributed by atoms with E-state index in [9.17, 15) is 4.79 Å². The Balaban J connectivity index is 1.93. The zero-order valence-electron chi connectivity index (χ0n) is 12.4. The SMILES string of the molecule is COc1ccc(CN(C)C(=O)Cc2ccc(N)cc2)cc1. The summed E-state index contributed by atoms with van der Waals surface area (Å²) >= 11 is 0. The third-order valence-electron chi connectivity index (χ3n) is 3.34. The Kier molecular flexibility index (Phi) is 4.82. The maximum Gasteiger partial charge on any atom is 0.227 e. The maximum atomic E-state index is 12.2. The highest BCUT2D eigenvalue weighted by atomic mass is 16.5. The normalized spacial score (nSPS) is 10.2. The summed E-state index contributed by atoms with van der Waals surface area (Å²) in [7, 11) is 3.45. The summed E-state index contributed by atoms with van der Waals surface area (Å²) in [6, 6.07) is 15.1. The van der Waals surface area contributed by atoms with Crippen molar-refractivity contribution < 1.29 is 9.53 Å². The molecule has 0 aromatic heterocycles. The van der Waals surface area contributed by atoms with E-state index in [2.05, 4.69) is 0 Å². The van der Waals surface area contributed by atoms with Crippen LogP contribution in [0.25, 0.3) is 0 Å². The average Bonchev–Trinajstić information content (AvgIpc) is 2.50. The van der Waals surface area contributed by atoms with Crippen LogP contribution in [-0.4, -0.2) is 25.0 Å². The van der Waals surface area contributed by atoms with E-state index in [0.717, 1.165) is 16.9 Å². The fourth-order valence-corrected chi connectivity index (χ4v) is 2.04. The molecular formula is C17H20N2O2. The van der Waals surface area contributed by atoms with Gasteiger partial charge in [0.25, 0.3) is 0 Å². The van der Waals surface area contributed by atoms with E-state index in [1.165, 1.54) is 0 Å². The number of ether oxygens (including phenoxy) is 1. The fourth-order valence-electron chi connectivity index (χ4n) is 2.04. The summed E-state index contributed by atoms with van der Waals surface area (Å²) < 4.78 is 5.12. The highest BCUT2D eigenvalue weighted by Crippen LogP contribution is 2.13. The third kappa shape index (κ3) is 4.24. The van der Waals surface area contributed by atoms with Gasteiger partial charge in [0.1, 0.15) is 5.75 Å². The van der Waals surface area contributed by atoms with Crippen LogP contribution in [0.3, 0.4) is 0 Å². The molecule has 4 heteroatoms. The molecule has 2 aromatic rings. The smallest absolute Gasteiger partial charge is 0.227 e. The Labute approximate surface area is 125 Å². The van der Waals surface area contributed by atoms with Crippen LogP contribution in [0.2, 0.25) is 0 Å². The van der Waals surface area contributed by atoms with Crippen molar-refractivity contribution in [2.75, 3.05) is 19.9 Å². The van der Waals surface area contributed by atoms with Crippen molar-refractivity contribution >= 4 is 11.6 Å². The molecule has 0 spiro atoms. The molecule has 2 aromatic carbocycles. The number of amides is 1. The van der Waals surface area contributed by atoms with Crippen LogP contribution in [0.15, 0.2) is 48.5 Å². The Morgan fingerprint density at radius 1 is 1.05 bits per heavy atom. The molecule has 0 heterocycles. The zero-order chi connectivity index (χ0) is 15.2. The number of methoxy groups -OCH3 is 1. The molecule has 0 bridgehead atoms. The Morgan fingerprint density at radius 2 is 1.62 bits per heavy atom. The van der Waals surface area contributed by atoms with Gasteiger partial charge < -0.3 is 15.4 Å². The highest BCUT2D eigenvalue weighted by molar-refractivity contribution is 5.78. The molecule has 21 heavy (non-hydrogen) atoms. The highest BCUT2D eigenvalue weighted by Gasteiger charge is 2.10. The first-order valence-electron chi connectivity index (χ1n) is 6.80. The number of carbonyl (C=O) groups excluding carboxylic acids is 1. The van der Waals surface area contributed by atoms with E-state index >= 15 is 0 Å². The van der Waals surface area contributed by atoms with Gasteiger partial charge in [-0.1, -0.05) is 24.3 Å². The van der Waals surface area contributed by atoms with Crippen LogP contribution >= 0.6 is 0 Å². The second-order valence-corrected chi connectivity index (χ2v) is 5.02. The number of nitrogens with two attached hydrogens (primary N) is 1. The van der Waals surface area contributed by atoms with Crippen LogP contribution in [0, 0.1) is 0 Å². The second kappa shape index (κ2) is 6.79. The molecule has 0 saturated heterocycles. The van der Waals surface area contributed by atoms with Crippen molar-refractivity contribution in [3.8, 4) is 5.75 Å². The van der Waals surface area contributed by atoms with E-state index in [1.807, 2.05) is 55.6 Å². The molecule has 1 amide bonds. The molecule has 0 aliphatic carbocycles. The van der Waals surface area contributed by atoms with Crippen molar-refractivity contribution in [1.29, 1.82) is 0 Å². The number of benzene rings is 2. The lowest BCUT2D eigenvalue weighted by atomic mass is 10.1. The molecule has 0 aliphatic rings. The molecular weight excluding hydrogens is 264 g/mol. The number of nitrogens with zero attached hydrogens (tertiary/aromatic N) is 1. The van der Waals surface area contributed by atoms with Gasteiger partial charge in [-0.2, -0.15) is 0 Å². The first-order chi connectivity index (χ1) is 10.1. The summed E-state index contributed by atoms with van der Waals surface area (Å²) in [6.45, 7) is 0.581. The van der Waals surface area contributed by atoms with Crippen LogP contribution in [0.5, 0.6) is 5.75 Å². The van der Waals surface area contributed by atoms with Gasteiger partial charge in [0.15, 0.2) is 0 Å². The van der Waals surface area contributed by atoms with Gasteiger partial charge in [-0.15, -0.1) is 0 Å². The van der Waals surface area contributed by atoms with Gasteiger partial charge >= 0.3 is 0 Å². The summed E-state index contributed by atoms with van der Waals surface area (Å²) in [5.74, 6) is 0.894. The van der Waals surface area contributed by atoms with Crippen LogP contribution in [0.4, 0.5) is 5.69 Å². The summed E-state index contributed by atoms with van der Waals surface area (Å²) in [5.41, 5.74) is 8.39. The number of anilines is 1. The van der Waals surface area contributed by atoms with Gasteiger partial charge in [0.2, 0.25) is 5.91 Å². The molecule has 0 atom stereocenters. The molecule has 110 valence electrons. The van der Waals surface area contributed by atoms with Crippen molar-refractivity contribution in [3.63, 3.8) is 0 Å². The number of hydrogen-bond acceptors (Lipinski definition) is 3. The number of likely N-dealkylation sites (N-methyl/N-ethyl adjacent to an activating group) is 1. The fraction of sp³-hybridized carbons (Fsp3) is 0.235. The quantitative estimate of drug-likeness (QED) is 0.858. The predicted molar refractivity (Wildman–Crippen MR) is 84.0 cm³/mol. The molecule has 0 radical (unpaired) electrons. The number of rotatable bonds is 5. The first-order valence-corrected chi connectivity index (χ1v) is 6.80. The molecule has 2 rings (SSSR count). The van der Waals surface area contributed by atoms with E-state index in [0.29, 0.717) is 18.7 Å². The second-order valence-electron chi connectivity index (χ2n) is 5.02. The number of nitrogen functional groups attached to an aromatic ring is 1. The first kappa shape index (κ1) is 14.9. The van der Waals surface area contributed by atoms with Crippen molar-refractivity contribution in [3.05, 3.63) is 59.7 Å². The predicted octanol–water partition coefficient (Wildman–Crippen LogP) is 2.48. The number of carbonyl (C=O) groups is 1. The largest absolute Gasteiger partial charge is 0.497 e. The molecule has 2 N–H and O–H groups in total. The van der Waals surface area contributed by atoms with E-state index in [4.69, 9.17) is 10.5 Å². The third-order valence-corrected chi connectivity index (χ3v) is 3.34. The Morgan fingerprint density at radius 3 is 2.19 bits per heavy atom. The lowest BCUT2D eigenvalue weighted by Crippen LogP contribution is -2.27. The van der Waals surface area contributed by atoms with E-state index in [-0.39, 0.29) is 5.91 Å². The van der Waals surface area contributed by atoms with Crippen LogP contribution in [-0.2, 0) is 17.8 Å². The minimum atomic E-state index is 0.0792. The number of hydrogen-bond donors (Lipinski definition) is 1. The van der Waals surface area contributed by atoms with E-state index < -0.39 is 0 Å². The summed E-state index contributed by atoms with van der Waals surface area (Å²) in [6.07, 6.45) is 0.382. The lowest BCUT2D eigenvalue weighted by molar-refractivity contribution is -0.129. The molecule has 0 aliphatic heterocycles. The molecule has 0 fully saturated rings. The molecule has 0 saturated carbocycles. The standard InChI is InChI=1S/C17H20N2O2/c1-19(12-14-5-9-16(21-2)10-6-14)17(20)11-13-3-7-15(18)8-4-13/h3-10H,11-12,18H2,1-2H3. The monoisotopic (exact) mass is 284 g/mol. The van der Waals surface area contributed by atoms with Gasteiger partial charge in [0, 0.05) is 19.3 Å². The van der Waals surface area contributed by atoms with Gasteiger partial charge in [-0.05, 0) is 35.4 Å². The minimum Gasteiger partial charge on any atom is -0.497 e. The van der Waals surface area contributed by atoms with Gasteiger partial charge in [-0.3, -0.25) is 4.79 Å². The molecule has 0 unspecified atom stereocenters. The molecule has 4 nitrogen and oxygen atoms in total. The van der Waals surface area contributed by atoms with Gasteiger partial charge in [0.05, 0.1) is 13.5 Å². The minimum absolute atomic E-state index is 0.0792. The van der Waals surface area contributed by atoms with Crippen molar-refractivity contribution in [1.82, 2.24) is 4.90 Å². The Hall–Kier alpha value is -2.49. The zero-order valence-corrected chi connectivity index (χ0v) is 12.4. The van der Waals surface area contributed by atoms with Crippen molar-refractivity contribution in [2.45, 2.75) is 13.0 Å². The average molecular weight is 284 g/mol. The van der Waals surface area contributed by atoms with Crippen LogP contribution in [0.1, 0.15) is 11.1 Å². The lowest BCUT2D eigenvalue weighted by Gasteiger charge is -2.17. The summed E-state index contributed by atoms with van der Waals surface area (Å²) in [5, 5.41) is 0. The van der Waals surface area contributed by atoms with Crippen LogP contribution < -0.4 is 10.5 Å². The topological polar surface area (TPSA) is 55.6 Å². The Bertz CT molecular complexity index is 591. The maximum absolute atomic E-state index is 12.2.